The molecule has 2 aromatic heterocycles. The summed E-state index contributed by atoms with van der Waals surface area (Å²) < 4.78 is 1.98. The van der Waals surface area contributed by atoms with Crippen molar-refractivity contribution in [1.82, 2.24) is 19.4 Å². The maximum absolute atomic E-state index is 14.7. The monoisotopic (exact) mass is 653 g/mol. The lowest BCUT2D eigenvalue weighted by Crippen LogP contribution is -2.43. The molecule has 0 saturated carbocycles. The van der Waals surface area contributed by atoms with Crippen molar-refractivity contribution < 1.29 is 19.5 Å². The zero-order chi connectivity index (χ0) is 34.4. The number of hydrogen-bond donors (Lipinski definition) is 1. The van der Waals surface area contributed by atoms with E-state index in [1.165, 1.54) is 5.56 Å². The van der Waals surface area contributed by atoms with Gasteiger partial charge in [-0.1, -0.05) is 24.3 Å². The summed E-state index contributed by atoms with van der Waals surface area (Å²) in [5, 5.41) is 9.96. The van der Waals surface area contributed by atoms with Crippen LogP contribution in [-0.4, -0.2) is 54.8 Å². The van der Waals surface area contributed by atoms with E-state index in [0.717, 1.165) is 40.1 Å². The number of fused-ring (bicyclic) bond motifs is 2. The lowest BCUT2D eigenvalue weighted by atomic mass is 9.89. The van der Waals surface area contributed by atoms with E-state index in [1.54, 1.807) is 60.6 Å². The van der Waals surface area contributed by atoms with Crippen molar-refractivity contribution in [3.8, 4) is 17.0 Å². The average molecular weight is 654 g/mol. The topological polar surface area (TPSA) is 99.0 Å². The fourth-order valence-corrected chi connectivity index (χ4v) is 7.15. The van der Waals surface area contributed by atoms with Crippen LogP contribution in [0.25, 0.3) is 11.3 Å². The Morgan fingerprint density at radius 3 is 2.24 bits per heavy atom. The van der Waals surface area contributed by atoms with Gasteiger partial charge in [0.15, 0.2) is 0 Å². The number of phenols is 1. The van der Waals surface area contributed by atoms with Crippen LogP contribution in [0.2, 0.25) is 0 Å². The molecule has 2 aliphatic heterocycles. The Bertz CT molecular complexity index is 2090. The number of carbonyl (C=O) groups is 3. The van der Waals surface area contributed by atoms with Crippen LogP contribution >= 0.6 is 0 Å². The molecule has 0 fully saturated rings. The molecule has 3 amide bonds. The Balaban J connectivity index is 1.34. The van der Waals surface area contributed by atoms with Crippen molar-refractivity contribution in [2.45, 2.75) is 52.7 Å². The molecule has 0 saturated heterocycles. The molecule has 49 heavy (non-hydrogen) atoms. The van der Waals surface area contributed by atoms with E-state index in [1.807, 2.05) is 52.6 Å². The van der Waals surface area contributed by atoms with E-state index in [0.29, 0.717) is 48.6 Å². The van der Waals surface area contributed by atoms with Crippen molar-refractivity contribution in [3.63, 3.8) is 0 Å². The van der Waals surface area contributed by atoms with Gasteiger partial charge >= 0.3 is 0 Å². The summed E-state index contributed by atoms with van der Waals surface area (Å²) in [7, 11) is 1.92. The minimum atomic E-state index is -0.250. The normalized spacial score (nSPS) is 15.4. The molecule has 1 N–H and O–H groups in total. The molecule has 3 aromatic carbocycles. The van der Waals surface area contributed by atoms with Crippen LogP contribution in [0.1, 0.15) is 62.5 Å². The van der Waals surface area contributed by atoms with Crippen molar-refractivity contribution in [3.05, 3.63) is 130 Å². The van der Waals surface area contributed by atoms with E-state index < -0.39 is 0 Å². The van der Waals surface area contributed by atoms with Gasteiger partial charge in [0.1, 0.15) is 5.75 Å². The van der Waals surface area contributed by atoms with Crippen LogP contribution in [0.4, 0.5) is 11.4 Å². The molecule has 9 nitrogen and oxygen atoms in total. The maximum Gasteiger partial charge on any atom is 0.264 e. The highest BCUT2D eigenvalue weighted by molar-refractivity contribution is 6.12. The zero-order valence-electron chi connectivity index (χ0n) is 28.2. The van der Waals surface area contributed by atoms with Crippen molar-refractivity contribution in [2.75, 3.05) is 11.4 Å². The maximum atomic E-state index is 14.7. The molecule has 0 unspecified atom stereocenters. The smallest absolute Gasteiger partial charge is 0.264 e. The summed E-state index contributed by atoms with van der Waals surface area (Å²) in [6.07, 6.45) is 4.72. The number of amides is 3. The summed E-state index contributed by atoms with van der Waals surface area (Å²) in [4.78, 5) is 51.1. The van der Waals surface area contributed by atoms with Gasteiger partial charge in [0.2, 0.25) is 5.91 Å². The SMILES string of the molecule is CC(=O)N1CCc2cc(-c3cc(C(=O)N(c4ccncc4)c4ccc(O)cc4)c(C)n3C)c(C(=O)N3Cc4ccccc4C[C@H]3C)cc2C1. The first-order chi connectivity index (χ1) is 23.6. The van der Waals surface area contributed by atoms with Crippen molar-refractivity contribution in [1.29, 1.82) is 0 Å². The number of anilines is 2. The van der Waals surface area contributed by atoms with Gasteiger partial charge in [-0.3, -0.25) is 24.3 Å². The number of hydrogen-bond acceptors (Lipinski definition) is 5. The van der Waals surface area contributed by atoms with Gasteiger partial charge < -0.3 is 19.5 Å². The van der Waals surface area contributed by atoms with Crippen LogP contribution in [-0.2, 0) is 37.8 Å². The summed E-state index contributed by atoms with van der Waals surface area (Å²) in [6, 6.07) is 24.3. The third kappa shape index (κ3) is 5.86. The molecule has 7 rings (SSSR count). The molecule has 0 spiro atoms. The predicted octanol–water partition coefficient (Wildman–Crippen LogP) is 6.57. The first-order valence-corrected chi connectivity index (χ1v) is 16.6. The van der Waals surface area contributed by atoms with Gasteiger partial charge in [-0.05, 0) is 104 Å². The van der Waals surface area contributed by atoms with E-state index in [-0.39, 0.29) is 29.5 Å². The summed E-state index contributed by atoms with van der Waals surface area (Å²) >= 11 is 0. The van der Waals surface area contributed by atoms with Crippen LogP contribution in [0.3, 0.4) is 0 Å². The minimum Gasteiger partial charge on any atom is -0.508 e. The summed E-state index contributed by atoms with van der Waals surface area (Å²) in [6.45, 7) is 7.15. The van der Waals surface area contributed by atoms with Crippen LogP contribution < -0.4 is 4.90 Å². The second-order valence-electron chi connectivity index (χ2n) is 13.1. The molecular weight excluding hydrogens is 614 g/mol. The van der Waals surface area contributed by atoms with E-state index in [2.05, 4.69) is 30.1 Å². The standard InChI is InChI=1S/C40H39N5O4/c1-25-19-28-7-5-6-8-30(28)24-44(25)39(48)37-21-31-23-43(27(3)46)18-15-29(31)20-36(37)38-22-35(26(2)42(38)4)40(49)45(33-13-16-41-17-14-33)32-9-11-34(47)12-10-32/h5-14,16-17,20-22,25,47H,15,18-19,23-24H2,1-4H3/t25-/m1/s1. The predicted molar refractivity (Wildman–Crippen MR) is 189 cm³/mol. The quantitative estimate of drug-likeness (QED) is 0.231. The van der Waals surface area contributed by atoms with Gasteiger partial charge in [0.05, 0.1) is 11.3 Å². The number of aromatic hydroxyl groups is 1. The van der Waals surface area contributed by atoms with Gasteiger partial charge in [0.25, 0.3) is 11.8 Å². The molecule has 0 aliphatic carbocycles. The van der Waals surface area contributed by atoms with E-state index >= 15 is 0 Å². The number of nitrogens with zero attached hydrogens (tertiary/aromatic N) is 5. The van der Waals surface area contributed by atoms with E-state index in [4.69, 9.17) is 0 Å². The summed E-state index contributed by atoms with van der Waals surface area (Å²) in [5.74, 6) is -0.210. The zero-order valence-corrected chi connectivity index (χ0v) is 28.2. The minimum absolute atomic E-state index is 0.00785. The summed E-state index contributed by atoms with van der Waals surface area (Å²) in [5.41, 5.74) is 9.00. The third-order valence-corrected chi connectivity index (χ3v) is 10.1. The number of carbonyl (C=O) groups excluding carboxylic acids is 3. The lowest BCUT2D eigenvalue weighted by molar-refractivity contribution is -0.129. The second kappa shape index (κ2) is 12.7. The van der Waals surface area contributed by atoms with Gasteiger partial charge in [-0.15, -0.1) is 0 Å². The highest BCUT2D eigenvalue weighted by Crippen LogP contribution is 2.37. The number of aromatic nitrogens is 2. The van der Waals surface area contributed by atoms with Crippen LogP contribution in [0, 0.1) is 6.92 Å². The van der Waals surface area contributed by atoms with Crippen molar-refractivity contribution >= 4 is 29.1 Å². The fourth-order valence-electron chi connectivity index (χ4n) is 7.15. The number of pyridine rings is 1. The van der Waals surface area contributed by atoms with Gasteiger partial charge in [-0.2, -0.15) is 0 Å². The Hall–Kier alpha value is -5.70. The second-order valence-corrected chi connectivity index (χ2v) is 13.1. The highest BCUT2D eigenvalue weighted by Gasteiger charge is 2.32. The molecule has 4 heterocycles. The largest absolute Gasteiger partial charge is 0.508 e. The average Bonchev–Trinajstić information content (AvgIpc) is 3.41. The molecule has 9 heteroatoms. The van der Waals surface area contributed by atoms with Gasteiger partial charge in [0, 0.05) is 80.2 Å². The lowest BCUT2D eigenvalue weighted by Gasteiger charge is -2.36. The Kier molecular flexibility index (Phi) is 8.28. The molecule has 0 radical (unpaired) electrons. The third-order valence-electron chi connectivity index (χ3n) is 10.1. The van der Waals surface area contributed by atoms with Crippen molar-refractivity contribution in [2.24, 2.45) is 7.05 Å². The first-order valence-electron chi connectivity index (χ1n) is 16.6. The van der Waals surface area contributed by atoms with Gasteiger partial charge in [-0.25, -0.2) is 0 Å². The van der Waals surface area contributed by atoms with Crippen LogP contribution in [0.15, 0.2) is 91.3 Å². The Labute approximate surface area is 286 Å². The Morgan fingerprint density at radius 1 is 0.837 bits per heavy atom. The first kappa shape index (κ1) is 31.9. The highest BCUT2D eigenvalue weighted by atomic mass is 16.3. The molecule has 2 aliphatic rings. The molecule has 5 aromatic rings. The van der Waals surface area contributed by atoms with Crippen LogP contribution in [0.5, 0.6) is 5.75 Å². The number of rotatable bonds is 5. The number of benzene rings is 3. The fraction of sp³-hybridized carbons (Fsp3) is 0.250. The molecule has 0 bridgehead atoms. The molecular formula is C40H39N5O4. The molecule has 1 atom stereocenters. The van der Waals surface area contributed by atoms with E-state index in [9.17, 15) is 19.5 Å². The number of phenolic OH excluding ortho intramolecular Hbond substituents is 1. The Morgan fingerprint density at radius 2 is 1.53 bits per heavy atom. The molecule has 248 valence electrons.